The maximum Gasteiger partial charge on any atom is 0.251 e. The van der Waals surface area contributed by atoms with Crippen LogP contribution >= 0.6 is 0 Å². The van der Waals surface area contributed by atoms with Crippen LogP contribution in [-0.2, 0) is 4.79 Å². The van der Waals surface area contributed by atoms with E-state index in [1.54, 1.807) is 24.3 Å². The lowest BCUT2D eigenvalue weighted by molar-refractivity contribution is -0.117. The first-order chi connectivity index (χ1) is 11.0. The zero-order valence-corrected chi connectivity index (χ0v) is 13.5. The van der Waals surface area contributed by atoms with E-state index in [2.05, 4.69) is 17.6 Å². The molecule has 2 fully saturated rings. The van der Waals surface area contributed by atoms with Gasteiger partial charge in [-0.1, -0.05) is 25.8 Å². The van der Waals surface area contributed by atoms with E-state index in [0.29, 0.717) is 17.2 Å². The molecule has 0 heterocycles. The number of benzene rings is 1. The lowest BCUT2D eigenvalue weighted by atomic mass is 10.0. The van der Waals surface area contributed by atoms with Crippen LogP contribution in [-0.4, -0.2) is 29.1 Å². The number of nitrogens with one attached hydrogen (secondary N) is 2. The fourth-order valence-electron chi connectivity index (χ4n) is 3.22. The van der Waals surface area contributed by atoms with E-state index < -0.39 is 5.60 Å². The fourth-order valence-corrected chi connectivity index (χ4v) is 3.22. The summed E-state index contributed by atoms with van der Waals surface area (Å²) in [5.74, 6) is 0.356. The third-order valence-electron chi connectivity index (χ3n) is 4.95. The number of amides is 2. The lowest BCUT2D eigenvalue weighted by Crippen LogP contribution is -2.40. The van der Waals surface area contributed by atoms with E-state index >= 15 is 0 Å². The van der Waals surface area contributed by atoms with E-state index in [1.165, 1.54) is 0 Å². The second kappa shape index (κ2) is 6.32. The minimum Gasteiger partial charge on any atom is -0.388 e. The van der Waals surface area contributed by atoms with Gasteiger partial charge in [0.1, 0.15) is 0 Å². The Labute approximate surface area is 136 Å². The van der Waals surface area contributed by atoms with Gasteiger partial charge in [0.15, 0.2) is 0 Å². The van der Waals surface area contributed by atoms with Crippen molar-refractivity contribution in [1.29, 1.82) is 0 Å². The molecule has 2 aliphatic carbocycles. The Morgan fingerprint density at radius 1 is 1.30 bits per heavy atom. The molecule has 0 bridgehead atoms. The van der Waals surface area contributed by atoms with Crippen LogP contribution in [0.25, 0.3) is 0 Å². The van der Waals surface area contributed by atoms with E-state index in [0.717, 1.165) is 32.1 Å². The number of rotatable bonds is 5. The molecular formula is C18H24N2O3. The Morgan fingerprint density at radius 2 is 2.00 bits per heavy atom. The van der Waals surface area contributed by atoms with Crippen LogP contribution in [0.5, 0.6) is 0 Å². The van der Waals surface area contributed by atoms with Crippen molar-refractivity contribution in [2.24, 2.45) is 11.8 Å². The molecule has 1 aromatic rings. The molecule has 23 heavy (non-hydrogen) atoms. The first kappa shape index (κ1) is 16.0. The molecule has 0 aliphatic heterocycles. The van der Waals surface area contributed by atoms with Gasteiger partial charge in [-0.3, -0.25) is 9.59 Å². The van der Waals surface area contributed by atoms with Crippen LogP contribution in [0.3, 0.4) is 0 Å². The summed E-state index contributed by atoms with van der Waals surface area (Å²) in [7, 11) is 0. The molecule has 124 valence electrons. The molecular weight excluding hydrogens is 292 g/mol. The maximum atomic E-state index is 12.2. The van der Waals surface area contributed by atoms with Gasteiger partial charge in [-0.05, 0) is 43.4 Å². The number of anilines is 1. The molecule has 2 unspecified atom stereocenters. The Balaban J connectivity index is 1.57. The van der Waals surface area contributed by atoms with Crippen molar-refractivity contribution in [1.82, 2.24) is 5.32 Å². The maximum absolute atomic E-state index is 12.2. The van der Waals surface area contributed by atoms with Crippen molar-refractivity contribution in [3.63, 3.8) is 0 Å². The highest BCUT2D eigenvalue weighted by Gasteiger charge is 2.39. The summed E-state index contributed by atoms with van der Waals surface area (Å²) in [6.07, 6.45) is 4.43. The van der Waals surface area contributed by atoms with Crippen LogP contribution < -0.4 is 10.6 Å². The Morgan fingerprint density at radius 3 is 2.65 bits per heavy atom. The lowest BCUT2D eigenvalue weighted by Gasteiger charge is -2.22. The summed E-state index contributed by atoms with van der Waals surface area (Å²) in [4.78, 5) is 24.2. The molecule has 1 aromatic carbocycles. The third-order valence-corrected chi connectivity index (χ3v) is 4.95. The number of carbonyl (C=O) groups is 2. The van der Waals surface area contributed by atoms with E-state index in [1.807, 2.05) is 0 Å². The summed E-state index contributed by atoms with van der Waals surface area (Å²) in [6, 6.07) is 6.93. The summed E-state index contributed by atoms with van der Waals surface area (Å²) in [5.41, 5.74) is 0.374. The zero-order chi connectivity index (χ0) is 16.4. The monoisotopic (exact) mass is 316 g/mol. The molecule has 2 atom stereocenters. The van der Waals surface area contributed by atoms with Crippen molar-refractivity contribution in [2.45, 2.75) is 44.6 Å². The fraction of sp³-hybridized carbons (Fsp3) is 0.556. The second-order valence-electron chi connectivity index (χ2n) is 7.00. The number of aliphatic hydroxyl groups is 1. The molecule has 5 heteroatoms. The molecule has 2 amide bonds. The quantitative estimate of drug-likeness (QED) is 0.780. The van der Waals surface area contributed by atoms with Gasteiger partial charge >= 0.3 is 0 Å². The Bertz CT molecular complexity index is 608. The predicted octanol–water partition coefficient (Wildman–Crippen LogP) is 2.32. The molecule has 0 aromatic heterocycles. The summed E-state index contributed by atoms with van der Waals surface area (Å²) < 4.78 is 0. The highest BCUT2D eigenvalue weighted by molar-refractivity contribution is 5.98. The van der Waals surface area contributed by atoms with Gasteiger partial charge in [-0.15, -0.1) is 0 Å². The van der Waals surface area contributed by atoms with E-state index in [4.69, 9.17) is 0 Å². The molecule has 3 N–H and O–H groups in total. The first-order valence-corrected chi connectivity index (χ1v) is 8.38. The van der Waals surface area contributed by atoms with Gasteiger partial charge < -0.3 is 15.7 Å². The van der Waals surface area contributed by atoms with Crippen LogP contribution in [0.2, 0.25) is 0 Å². The predicted molar refractivity (Wildman–Crippen MR) is 88.1 cm³/mol. The van der Waals surface area contributed by atoms with E-state index in [-0.39, 0.29) is 24.3 Å². The SMILES string of the molecule is CC1CC1C(=O)Nc1cccc(C(=O)NCC2(O)CCCC2)c1. The van der Waals surface area contributed by atoms with Gasteiger partial charge in [-0.25, -0.2) is 0 Å². The molecule has 0 saturated heterocycles. The van der Waals surface area contributed by atoms with Crippen molar-refractivity contribution >= 4 is 17.5 Å². The Hall–Kier alpha value is -1.88. The average molecular weight is 316 g/mol. The summed E-state index contributed by atoms with van der Waals surface area (Å²) in [6.45, 7) is 2.34. The number of carbonyl (C=O) groups excluding carboxylic acids is 2. The molecule has 5 nitrogen and oxygen atoms in total. The van der Waals surface area contributed by atoms with E-state index in [9.17, 15) is 14.7 Å². The average Bonchev–Trinajstić information content (AvgIpc) is 3.11. The van der Waals surface area contributed by atoms with Gasteiger partial charge in [0.05, 0.1) is 5.60 Å². The highest BCUT2D eigenvalue weighted by Crippen LogP contribution is 2.38. The number of hydrogen-bond acceptors (Lipinski definition) is 3. The standard InChI is InChI=1S/C18H24N2O3/c1-12-9-15(12)17(22)20-14-6-4-5-13(10-14)16(21)19-11-18(23)7-2-3-8-18/h4-6,10,12,15,23H,2-3,7-9,11H2,1H3,(H,19,21)(H,20,22). The summed E-state index contributed by atoms with van der Waals surface area (Å²) >= 11 is 0. The largest absolute Gasteiger partial charge is 0.388 e. The minimum atomic E-state index is -0.760. The molecule has 3 rings (SSSR count). The van der Waals surface area contributed by atoms with Crippen molar-refractivity contribution in [2.75, 3.05) is 11.9 Å². The van der Waals surface area contributed by atoms with Crippen LogP contribution in [0.15, 0.2) is 24.3 Å². The smallest absolute Gasteiger partial charge is 0.251 e. The van der Waals surface area contributed by atoms with Crippen LogP contribution in [0.4, 0.5) is 5.69 Å². The third kappa shape index (κ3) is 3.91. The van der Waals surface area contributed by atoms with Crippen LogP contribution in [0, 0.1) is 11.8 Å². The normalized spacial score (nSPS) is 25.0. The molecule has 2 saturated carbocycles. The van der Waals surface area contributed by atoms with Crippen LogP contribution in [0.1, 0.15) is 49.4 Å². The van der Waals surface area contributed by atoms with Crippen molar-refractivity contribution in [3.05, 3.63) is 29.8 Å². The second-order valence-corrected chi connectivity index (χ2v) is 7.00. The molecule has 0 spiro atoms. The Kier molecular flexibility index (Phi) is 4.39. The first-order valence-electron chi connectivity index (χ1n) is 8.38. The van der Waals surface area contributed by atoms with Gasteiger partial charge in [0.25, 0.3) is 5.91 Å². The molecule has 2 aliphatic rings. The van der Waals surface area contributed by atoms with Crippen molar-refractivity contribution < 1.29 is 14.7 Å². The summed E-state index contributed by atoms with van der Waals surface area (Å²) in [5, 5.41) is 16.0. The highest BCUT2D eigenvalue weighted by atomic mass is 16.3. The number of hydrogen-bond donors (Lipinski definition) is 3. The van der Waals surface area contributed by atoms with Crippen molar-refractivity contribution in [3.8, 4) is 0 Å². The topological polar surface area (TPSA) is 78.4 Å². The van der Waals surface area contributed by atoms with Gasteiger partial charge in [-0.2, -0.15) is 0 Å². The zero-order valence-electron chi connectivity index (χ0n) is 13.5. The minimum absolute atomic E-state index is 0.0234. The van der Waals surface area contributed by atoms with Gasteiger partial charge in [0.2, 0.25) is 5.91 Å². The van der Waals surface area contributed by atoms with Gasteiger partial charge in [0, 0.05) is 23.7 Å². The molecule has 0 radical (unpaired) electrons.